The van der Waals surface area contributed by atoms with E-state index in [2.05, 4.69) is 26.3 Å². The highest BCUT2D eigenvalue weighted by Gasteiger charge is 2.27. The summed E-state index contributed by atoms with van der Waals surface area (Å²) in [6, 6.07) is 16.4. The van der Waals surface area contributed by atoms with Crippen molar-refractivity contribution in [3.63, 3.8) is 0 Å². The fourth-order valence-corrected chi connectivity index (χ4v) is 4.98. The van der Waals surface area contributed by atoms with Crippen LogP contribution in [0.1, 0.15) is 57.1 Å². The molecule has 2 aromatic carbocycles. The SMILES string of the molecule is CC(C)CC(CNC(=O)O)C(=O)N[C@@H](Cc1c[nH]c2ccccc12)C(=O)NCCCCCCNC(=O)OCc1ccccc1. The van der Waals surface area contributed by atoms with E-state index in [4.69, 9.17) is 9.84 Å². The molecule has 0 radical (unpaired) electrons. The summed E-state index contributed by atoms with van der Waals surface area (Å²) in [5, 5.41) is 21.0. The number of hydrogen-bond donors (Lipinski definition) is 6. The number of amides is 4. The number of alkyl carbamates (subject to hydrolysis) is 1. The summed E-state index contributed by atoms with van der Waals surface area (Å²) in [6.45, 7) is 5.08. The first kappa shape index (κ1) is 34.0. The Labute approximate surface area is 258 Å². The summed E-state index contributed by atoms with van der Waals surface area (Å²) in [4.78, 5) is 52.7. The second-order valence-electron chi connectivity index (χ2n) is 11.3. The molecule has 0 saturated heterocycles. The zero-order valence-corrected chi connectivity index (χ0v) is 25.6. The summed E-state index contributed by atoms with van der Waals surface area (Å²) in [7, 11) is 0. The van der Waals surface area contributed by atoms with Crippen molar-refractivity contribution in [2.75, 3.05) is 19.6 Å². The summed E-state index contributed by atoms with van der Waals surface area (Å²) >= 11 is 0. The van der Waals surface area contributed by atoms with E-state index in [-0.39, 0.29) is 37.3 Å². The number of benzene rings is 2. The van der Waals surface area contributed by atoms with Crippen LogP contribution in [0.15, 0.2) is 60.8 Å². The molecule has 2 atom stereocenters. The molecule has 1 heterocycles. The van der Waals surface area contributed by atoms with Gasteiger partial charge >= 0.3 is 12.2 Å². The second kappa shape index (κ2) is 18.2. The number of para-hydroxylation sites is 1. The van der Waals surface area contributed by atoms with E-state index in [0.717, 1.165) is 47.7 Å². The number of nitrogens with one attached hydrogen (secondary N) is 5. The van der Waals surface area contributed by atoms with Gasteiger partial charge in [0.1, 0.15) is 12.6 Å². The van der Waals surface area contributed by atoms with E-state index in [1.54, 1.807) is 0 Å². The summed E-state index contributed by atoms with van der Waals surface area (Å²) in [5.41, 5.74) is 2.77. The Morgan fingerprint density at radius 2 is 1.52 bits per heavy atom. The average molecular weight is 608 g/mol. The molecule has 0 saturated carbocycles. The highest BCUT2D eigenvalue weighted by molar-refractivity contribution is 5.90. The van der Waals surface area contributed by atoms with Crippen molar-refractivity contribution >= 4 is 34.9 Å². The number of aromatic amines is 1. The van der Waals surface area contributed by atoms with E-state index in [9.17, 15) is 19.2 Å². The Balaban J connectivity index is 1.46. The maximum absolute atomic E-state index is 13.3. The average Bonchev–Trinajstić information content (AvgIpc) is 3.41. The topological polar surface area (TPSA) is 162 Å². The molecule has 238 valence electrons. The van der Waals surface area contributed by atoms with E-state index in [0.29, 0.717) is 19.5 Å². The molecule has 11 nitrogen and oxygen atoms in total. The lowest BCUT2D eigenvalue weighted by atomic mass is 9.95. The molecule has 11 heteroatoms. The monoisotopic (exact) mass is 607 g/mol. The number of carboxylic acid groups (broad SMARTS) is 1. The third-order valence-corrected chi connectivity index (χ3v) is 7.24. The molecule has 6 N–H and O–H groups in total. The Bertz CT molecular complexity index is 1340. The van der Waals surface area contributed by atoms with Gasteiger partial charge in [0.25, 0.3) is 0 Å². The second-order valence-corrected chi connectivity index (χ2v) is 11.3. The van der Waals surface area contributed by atoms with Gasteiger partial charge in [0.05, 0.1) is 5.92 Å². The number of H-pyrrole nitrogens is 1. The number of aromatic nitrogens is 1. The van der Waals surface area contributed by atoms with Gasteiger partial charge < -0.3 is 36.1 Å². The number of hydrogen-bond acceptors (Lipinski definition) is 5. The van der Waals surface area contributed by atoms with E-state index in [1.165, 1.54) is 0 Å². The standard InChI is InChI=1S/C33H45N5O6/c1-23(2)18-26(21-37-32(41)42)30(39)38-29(19-25-20-36-28-15-9-8-14-27(25)28)31(40)34-16-10-3-4-11-17-35-33(43)44-22-24-12-6-5-7-13-24/h5-9,12-15,20,23,26,29,36-37H,3-4,10-11,16-19,21-22H2,1-2H3,(H,34,40)(H,35,43)(H,38,39)(H,41,42)/t26?,29-/m0/s1. The smallest absolute Gasteiger partial charge is 0.407 e. The molecule has 0 aliphatic carbocycles. The fraction of sp³-hybridized carbons (Fsp3) is 0.455. The molecule has 0 aliphatic rings. The van der Waals surface area contributed by atoms with Crippen LogP contribution in [-0.2, 0) is 27.4 Å². The van der Waals surface area contributed by atoms with Crippen LogP contribution in [-0.4, -0.2) is 59.8 Å². The minimum atomic E-state index is -1.20. The summed E-state index contributed by atoms with van der Waals surface area (Å²) in [6.07, 6.45) is 4.24. The largest absolute Gasteiger partial charge is 0.465 e. The molecular weight excluding hydrogens is 562 g/mol. The van der Waals surface area contributed by atoms with Gasteiger partial charge in [-0.05, 0) is 42.4 Å². The van der Waals surface area contributed by atoms with Crippen molar-refractivity contribution < 1.29 is 29.0 Å². The van der Waals surface area contributed by atoms with Gasteiger partial charge in [-0.1, -0.05) is 75.2 Å². The molecule has 1 unspecified atom stereocenters. The lowest BCUT2D eigenvalue weighted by molar-refractivity contribution is -0.131. The number of rotatable bonds is 18. The number of fused-ring (bicyclic) bond motifs is 1. The first-order valence-corrected chi connectivity index (χ1v) is 15.3. The van der Waals surface area contributed by atoms with Crippen molar-refractivity contribution in [2.24, 2.45) is 11.8 Å². The molecule has 0 bridgehead atoms. The van der Waals surface area contributed by atoms with E-state index in [1.807, 2.05) is 74.6 Å². The molecule has 4 amide bonds. The Morgan fingerprint density at radius 1 is 0.841 bits per heavy atom. The van der Waals surface area contributed by atoms with Crippen LogP contribution >= 0.6 is 0 Å². The van der Waals surface area contributed by atoms with Crippen molar-refractivity contribution in [2.45, 2.75) is 65.0 Å². The van der Waals surface area contributed by atoms with Crippen molar-refractivity contribution in [3.8, 4) is 0 Å². The van der Waals surface area contributed by atoms with Gasteiger partial charge in [-0.3, -0.25) is 9.59 Å². The van der Waals surface area contributed by atoms with Crippen molar-refractivity contribution in [1.82, 2.24) is 26.3 Å². The number of carbonyl (C=O) groups is 4. The Morgan fingerprint density at radius 3 is 2.23 bits per heavy atom. The normalized spacial score (nSPS) is 12.3. The maximum atomic E-state index is 13.3. The maximum Gasteiger partial charge on any atom is 0.407 e. The first-order chi connectivity index (χ1) is 21.2. The molecule has 0 spiro atoms. The lowest BCUT2D eigenvalue weighted by Crippen LogP contribution is -2.51. The van der Waals surface area contributed by atoms with Gasteiger partial charge in [-0.25, -0.2) is 9.59 Å². The molecule has 44 heavy (non-hydrogen) atoms. The number of unbranched alkanes of at least 4 members (excludes halogenated alkanes) is 3. The van der Waals surface area contributed by atoms with Crippen LogP contribution in [0.2, 0.25) is 0 Å². The minimum absolute atomic E-state index is 0.0274. The Kier molecular flexibility index (Phi) is 14.0. The van der Waals surface area contributed by atoms with Gasteiger partial charge in [0, 0.05) is 43.2 Å². The van der Waals surface area contributed by atoms with Crippen LogP contribution in [0.3, 0.4) is 0 Å². The molecular formula is C33H45N5O6. The minimum Gasteiger partial charge on any atom is -0.465 e. The van der Waals surface area contributed by atoms with Crippen LogP contribution < -0.4 is 21.3 Å². The molecule has 1 aromatic heterocycles. The predicted molar refractivity (Wildman–Crippen MR) is 169 cm³/mol. The van der Waals surface area contributed by atoms with Gasteiger partial charge in [-0.15, -0.1) is 0 Å². The quantitative estimate of drug-likeness (QED) is 0.115. The van der Waals surface area contributed by atoms with Crippen LogP contribution in [0.25, 0.3) is 10.9 Å². The third kappa shape index (κ3) is 12.0. The summed E-state index contributed by atoms with van der Waals surface area (Å²) in [5.74, 6) is -1.09. The first-order valence-electron chi connectivity index (χ1n) is 15.3. The van der Waals surface area contributed by atoms with E-state index >= 15 is 0 Å². The predicted octanol–water partition coefficient (Wildman–Crippen LogP) is 4.73. The highest BCUT2D eigenvalue weighted by Crippen LogP contribution is 2.20. The highest BCUT2D eigenvalue weighted by atomic mass is 16.5. The van der Waals surface area contributed by atoms with Gasteiger partial charge in [-0.2, -0.15) is 0 Å². The van der Waals surface area contributed by atoms with E-state index < -0.39 is 24.1 Å². The molecule has 3 aromatic rings. The number of ether oxygens (including phenoxy) is 1. The van der Waals surface area contributed by atoms with Crippen LogP contribution in [0, 0.1) is 11.8 Å². The van der Waals surface area contributed by atoms with Crippen molar-refractivity contribution in [1.29, 1.82) is 0 Å². The van der Waals surface area contributed by atoms with Crippen LogP contribution in [0.4, 0.5) is 9.59 Å². The summed E-state index contributed by atoms with van der Waals surface area (Å²) < 4.78 is 5.21. The molecule has 3 rings (SSSR count). The molecule has 0 aliphatic heterocycles. The van der Waals surface area contributed by atoms with Gasteiger partial charge in [0.2, 0.25) is 11.8 Å². The van der Waals surface area contributed by atoms with Crippen LogP contribution in [0.5, 0.6) is 0 Å². The Hall–Kier alpha value is -4.54. The number of carbonyl (C=O) groups excluding carboxylic acids is 3. The fourth-order valence-electron chi connectivity index (χ4n) is 4.98. The lowest BCUT2D eigenvalue weighted by Gasteiger charge is -2.23. The third-order valence-electron chi connectivity index (χ3n) is 7.24. The zero-order chi connectivity index (χ0) is 31.7. The zero-order valence-electron chi connectivity index (χ0n) is 25.6. The molecule has 0 fully saturated rings. The van der Waals surface area contributed by atoms with Crippen molar-refractivity contribution in [3.05, 3.63) is 71.9 Å². The van der Waals surface area contributed by atoms with Gasteiger partial charge in [0.15, 0.2) is 0 Å².